The van der Waals surface area contributed by atoms with Crippen LogP contribution < -0.4 is 5.32 Å². The van der Waals surface area contributed by atoms with Crippen molar-refractivity contribution >= 4 is 29.1 Å². The molecule has 2 aromatic rings. The average Bonchev–Trinajstić information content (AvgIpc) is 2.54. The van der Waals surface area contributed by atoms with Crippen LogP contribution in [0.5, 0.6) is 0 Å². The van der Waals surface area contributed by atoms with Crippen LogP contribution in [0, 0.1) is 0 Å². The van der Waals surface area contributed by atoms with Crippen molar-refractivity contribution in [2.45, 2.75) is 38.3 Å². The quantitative estimate of drug-likeness (QED) is 0.928. The molecule has 0 saturated carbocycles. The van der Waals surface area contributed by atoms with Crippen molar-refractivity contribution in [3.05, 3.63) is 48.0 Å². The van der Waals surface area contributed by atoms with Crippen LogP contribution in [-0.4, -0.2) is 29.9 Å². The molecule has 2 aromatic carbocycles. The van der Waals surface area contributed by atoms with Crippen LogP contribution in [0.2, 0.25) is 0 Å². The molecule has 1 fully saturated rings. The Kier molecular flexibility index (Phi) is 5.66. The van der Waals surface area contributed by atoms with Gasteiger partial charge in [-0.1, -0.05) is 36.4 Å². The van der Waals surface area contributed by atoms with E-state index in [1.165, 1.54) is 16.3 Å². The number of nitrogens with one attached hydrogen (secondary N) is 1. The molecule has 1 saturated heterocycles. The second-order valence-electron chi connectivity index (χ2n) is 6.56. The fourth-order valence-corrected chi connectivity index (χ4v) is 3.34. The number of likely N-dealkylation sites (N-methyl/N-ethyl adjacent to an activating group) is 1. The first-order valence-corrected chi connectivity index (χ1v) is 8.07. The van der Waals surface area contributed by atoms with E-state index in [1.807, 2.05) is 31.0 Å². The van der Waals surface area contributed by atoms with Crippen LogP contribution in [0.4, 0.5) is 0 Å². The number of carbonyl (C=O) groups excluding carboxylic acids is 1. The fourth-order valence-electron chi connectivity index (χ4n) is 3.34. The molecule has 124 valence electrons. The number of hydrogen-bond acceptors (Lipinski definition) is 2. The first kappa shape index (κ1) is 17.8. The van der Waals surface area contributed by atoms with Gasteiger partial charge in [-0.3, -0.25) is 4.79 Å². The highest BCUT2D eigenvalue weighted by Crippen LogP contribution is 2.22. The minimum absolute atomic E-state index is 0. The number of halogens is 1. The van der Waals surface area contributed by atoms with Gasteiger partial charge in [0.25, 0.3) is 0 Å². The molecule has 1 heterocycles. The number of nitrogens with zero attached hydrogens (tertiary/aromatic N) is 1. The molecular formula is C19H25ClN2O. The van der Waals surface area contributed by atoms with Crippen LogP contribution in [0.25, 0.3) is 10.8 Å². The molecule has 0 aromatic heterocycles. The maximum Gasteiger partial charge on any atom is 0.242 e. The summed E-state index contributed by atoms with van der Waals surface area (Å²) < 4.78 is 0. The predicted octanol–water partition coefficient (Wildman–Crippen LogP) is 3.75. The number of rotatable bonds is 3. The number of fused-ring (bicyclic) bond motifs is 1. The molecule has 23 heavy (non-hydrogen) atoms. The molecule has 1 atom stereocenters. The molecule has 1 aliphatic heterocycles. The Morgan fingerprint density at radius 2 is 1.91 bits per heavy atom. The Balaban J connectivity index is 0.00000192. The Morgan fingerprint density at radius 3 is 2.61 bits per heavy atom. The summed E-state index contributed by atoms with van der Waals surface area (Å²) in [5, 5.41) is 5.86. The third kappa shape index (κ3) is 3.85. The summed E-state index contributed by atoms with van der Waals surface area (Å²) in [6.07, 6.45) is 3.21. The summed E-state index contributed by atoms with van der Waals surface area (Å²) in [7, 11) is 1.90. The zero-order valence-corrected chi connectivity index (χ0v) is 14.7. The Labute approximate surface area is 144 Å². The smallest absolute Gasteiger partial charge is 0.242 e. The van der Waals surface area contributed by atoms with Crippen LogP contribution in [0.15, 0.2) is 42.5 Å². The van der Waals surface area contributed by atoms with Crippen LogP contribution in [0.3, 0.4) is 0 Å². The van der Waals surface area contributed by atoms with Crippen molar-refractivity contribution in [2.24, 2.45) is 0 Å². The van der Waals surface area contributed by atoms with Crippen molar-refractivity contribution in [1.82, 2.24) is 10.2 Å². The van der Waals surface area contributed by atoms with Crippen molar-refractivity contribution in [3.63, 3.8) is 0 Å². The Hall–Kier alpha value is -1.58. The minimum Gasteiger partial charge on any atom is -0.340 e. The third-order valence-corrected chi connectivity index (χ3v) is 4.67. The van der Waals surface area contributed by atoms with Crippen LogP contribution in [-0.2, 0) is 11.3 Å². The zero-order chi connectivity index (χ0) is 15.6. The molecular weight excluding hydrogens is 308 g/mol. The van der Waals surface area contributed by atoms with E-state index in [4.69, 9.17) is 0 Å². The Morgan fingerprint density at radius 1 is 1.17 bits per heavy atom. The van der Waals surface area contributed by atoms with Gasteiger partial charge in [0, 0.05) is 13.6 Å². The zero-order valence-electron chi connectivity index (χ0n) is 13.8. The van der Waals surface area contributed by atoms with Gasteiger partial charge >= 0.3 is 0 Å². The van der Waals surface area contributed by atoms with Gasteiger partial charge in [-0.05, 0) is 55.1 Å². The highest BCUT2D eigenvalue weighted by atomic mass is 35.5. The van der Waals surface area contributed by atoms with Crippen LogP contribution >= 0.6 is 12.4 Å². The van der Waals surface area contributed by atoms with E-state index in [0.717, 1.165) is 25.8 Å². The molecule has 0 radical (unpaired) electrons. The van der Waals surface area contributed by atoms with Gasteiger partial charge in [-0.25, -0.2) is 0 Å². The molecule has 3 rings (SSSR count). The second kappa shape index (κ2) is 7.33. The number of carbonyl (C=O) groups is 1. The summed E-state index contributed by atoms with van der Waals surface area (Å²) >= 11 is 0. The summed E-state index contributed by atoms with van der Waals surface area (Å²) in [6, 6.07) is 14.7. The molecule has 1 amide bonds. The topological polar surface area (TPSA) is 32.3 Å². The standard InChI is InChI=1S/C19H24N2O.ClH/c1-19(11-5-6-12-20-19)18(22)21(2)14-15-9-10-16-7-3-4-8-17(16)13-15;/h3-4,7-10,13,20H,5-6,11-12,14H2,1-2H3;1H. The highest BCUT2D eigenvalue weighted by molar-refractivity contribution is 5.86. The predicted molar refractivity (Wildman–Crippen MR) is 97.9 cm³/mol. The molecule has 3 nitrogen and oxygen atoms in total. The average molecular weight is 333 g/mol. The molecule has 1 N–H and O–H groups in total. The van der Waals surface area contributed by atoms with Gasteiger partial charge in [0.05, 0.1) is 5.54 Å². The Bertz CT molecular complexity index is 680. The van der Waals surface area contributed by atoms with Gasteiger partial charge in [0.1, 0.15) is 0 Å². The fraction of sp³-hybridized carbons (Fsp3) is 0.421. The number of benzene rings is 2. The molecule has 1 unspecified atom stereocenters. The first-order chi connectivity index (χ1) is 10.6. The summed E-state index contributed by atoms with van der Waals surface area (Å²) in [5.41, 5.74) is 0.776. The number of amides is 1. The van der Waals surface area contributed by atoms with Crippen LogP contribution in [0.1, 0.15) is 31.7 Å². The lowest BCUT2D eigenvalue weighted by Crippen LogP contribution is -2.57. The third-order valence-electron chi connectivity index (χ3n) is 4.67. The molecule has 0 bridgehead atoms. The van der Waals surface area contributed by atoms with Gasteiger partial charge < -0.3 is 10.2 Å². The first-order valence-electron chi connectivity index (χ1n) is 8.07. The molecule has 0 aliphatic carbocycles. The van der Waals surface area contributed by atoms with Crippen molar-refractivity contribution < 1.29 is 4.79 Å². The van der Waals surface area contributed by atoms with Gasteiger partial charge in [0.15, 0.2) is 0 Å². The summed E-state index contributed by atoms with van der Waals surface area (Å²) in [4.78, 5) is 14.6. The van der Waals surface area contributed by atoms with Gasteiger partial charge in [-0.2, -0.15) is 0 Å². The number of hydrogen-bond donors (Lipinski definition) is 1. The lowest BCUT2D eigenvalue weighted by atomic mass is 9.89. The maximum absolute atomic E-state index is 12.8. The molecule has 0 spiro atoms. The number of piperidine rings is 1. The van der Waals surface area contributed by atoms with E-state index >= 15 is 0 Å². The summed E-state index contributed by atoms with van der Waals surface area (Å²) in [6.45, 7) is 3.62. The lowest BCUT2D eigenvalue weighted by molar-refractivity contribution is -0.137. The SMILES string of the molecule is CN(Cc1ccc2ccccc2c1)C(=O)C1(C)CCCCN1.Cl. The normalized spacial score (nSPS) is 20.8. The minimum atomic E-state index is -0.399. The molecule has 1 aliphatic rings. The van der Waals surface area contributed by atoms with E-state index in [-0.39, 0.29) is 18.3 Å². The van der Waals surface area contributed by atoms with E-state index in [0.29, 0.717) is 6.54 Å². The van der Waals surface area contributed by atoms with Crippen molar-refractivity contribution in [1.29, 1.82) is 0 Å². The van der Waals surface area contributed by atoms with Gasteiger partial charge in [-0.15, -0.1) is 12.4 Å². The summed E-state index contributed by atoms with van der Waals surface area (Å²) in [5.74, 6) is 0.195. The van der Waals surface area contributed by atoms with Crippen molar-refractivity contribution in [2.75, 3.05) is 13.6 Å². The van der Waals surface area contributed by atoms with Crippen molar-refractivity contribution in [3.8, 4) is 0 Å². The van der Waals surface area contributed by atoms with E-state index in [9.17, 15) is 4.79 Å². The lowest BCUT2D eigenvalue weighted by Gasteiger charge is -2.36. The van der Waals surface area contributed by atoms with E-state index in [2.05, 4.69) is 35.6 Å². The monoisotopic (exact) mass is 332 g/mol. The highest BCUT2D eigenvalue weighted by Gasteiger charge is 2.36. The van der Waals surface area contributed by atoms with E-state index < -0.39 is 5.54 Å². The molecule has 4 heteroatoms. The second-order valence-corrected chi connectivity index (χ2v) is 6.56. The largest absolute Gasteiger partial charge is 0.340 e. The maximum atomic E-state index is 12.8. The van der Waals surface area contributed by atoms with Gasteiger partial charge in [0.2, 0.25) is 5.91 Å². The van der Waals surface area contributed by atoms with E-state index in [1.54, 1.807) is 0 Å².